The largest absolute Gasteiger partial charge is 0.340 e. The van der Waals surface area contributed by atoms with Crippen LogP contribution in [-0.2, 0) is 16.1 Å². The maximum absolute atomic E-state index is 12.8. The minimum atomic E-state index is -0.177. The van der Waals surface area contributed by atoms with E-state index in [9.17, 15) is 9.59 Å². The van der Waals surface area contributed by atoms with E-state index < -0.39 is 0 Å². The molecule has 5 heteroatoms. The van der Waals surface area contributed by atoms with Crippen LogP contribution in [0.2, 0.25) is 0 Å². The first kappa shape index (κ1) is 17.9. The second kappa shape index (κ2) is 7.56. The maximum atomic E-state index is 12.8. The first-order valence-electron chi connectivity index (χ1n) is 9.30. The van der Waals surface area contributed by atoms with Crippen LogP contribution in [0.15, 0.2) is 24.3 Å². The Balaban J connectivity index is 1.55. The molecule has 2 aliphatic rings. The standard InChI is InChI=1S/C20H29N3O2/c1-15(2)21-8-10-22(11-9-21)20(25)18-12-19(24)23(14-18)13-17-6-4-16(3)5-7-17/h4-7,15,18H,8-14H2,1-3H3. The van der Waals surface area contributed by atoms with Gasteiger partial charge in [-0.05, 0) is 26.3 Å². The van der Waals surface area contributed by atoms with Crippen molar-refractivity contribution in [3.63, 3.8) is 0 Å². The van der Waals surface area contributed by atoms with Gasteiger partial charge >= 0.3 is 0 Å². The molecule has 0 bridgehead atoms. The lowest BCUT2D eigenvalue weighted by molar-refractivity contribution is -0.137. The van der Waals surface area contributed by atoms with Gasteiger partial charge in [-0.2, -0.15) is 0 Å². The van der Waals surface area contributed by atoms with Gasteiger partial charge in [-0.1, -0.05) is 29.8 Å². The normalized spacial score (nSPS) is 22.1. The van der Waals surface area contributed by atoms with E-state index >= 15 is 0 Å². The number of amides is 2. The van der Waals surface area contributed by atoms with Crippen molar-refractivity contribution in [3.05, 3.63) is 35.4 Å². The molecule has 0 spiro atoms. The van der Waals surface area contributed by atoms with Crippen LogP contribution in [0, 0.1) is 12.8 Å². The van der Waals surface area contributed by atoms with Crippen LogP contribution in [0.3, 0.4) is 0 Å². The van der Waals surface area contributed by atoms with Gasteiger partial charge in [0.25, 0.3) is 0 Å². The number of hydrogen-bond acceptors (Lipinski definition) is 3. The summed E-state index contributed by atoms with van der Waals surface area (Å²) < 4.78 is 0. The Morgan fingerprint density at radius 3 is 2.36 bits per heavy atom. The molecule has 1 unspecified atom stereocenters. The summed E-state index contributed by atoms with van der Waals surface area (Å²) in [5.41, 5.74) is 2.34. The maximum Gasteiger partial charge on any atom is 0.228 e. The average Bonchev–Trinajstić information content (AvgIpc) is 2.97. The van der Waals surface area contributed by atoms with Gasteiger partial charge in [-0.25, -0.2) is 0 Å². The van der Waals surface area contributed by atoms with Crippen molar-refractivity contribution in [1.82, 2.24) is 14.7 Å². The number of likely N-dealkylation sites (tertiary alicyclic amines) is 1. The van der Waals surface area contributed by atoms with Gasteiger partial charge in [-0.15, -0.1) is 0 Å². The Bertz CT molecular complexity index is 618. The van der Waals surface area contributed by atoms with Crippen LogP contribution in [0.25, 0.3) is 0 Å². The summed E-state index contributed by atoms with van der Waals surface area (Å²) in [5, 5.41) is 0. The zero-order valence-electron chi connectivity index (χ0n) is 15.6. The van der Waals surface area contributed by atoms with E-state index in [2.05, 4.69) is 49.9 Å². The molecule has 2 amide bonds. The average molecular weight is 343 g/mol. The van der Waals surface area contributed by atoms with Gasteiger partial charge in [0.2, 0.25) is 11.8 Å². The number of aryl methyl sites for hydroxylation is 1. The molecule has 1 aromatic rings. The zero-order chi connectivity index (χ0) is 18.0. The number of rotatable bonds is 4. The number of nitrogens with zero attached hydrogens (tertiary/aromatic N) is 3. The predicted molar refractivity (Wildman–Crippen MR) is 98.0 cm³/mol. The summed E-state index contributed by atoms with van der Waals surface area (Å²) in [7, 11) is 0. The van der Waals surface area contributed by atoms with E-state index in [0.717, 1.165) is 31.7 Å². The van der Waals surface area contributed by atoms with E-state index in [1.54, 1.807) is 0 Å². The van der Waals surface area contributed by atoms with Crippen LogP contribution >= 0.6 is 0 Å². The molecule has 0 saturated carbocycles. The van der Waals surface area contributed by atoms with E-state index in [4.69, 9.17) is 0 Å². The summed E-state index contributed by atoms with van der Waals surface area (Å²) in [6.07, 6.45) is 0.356. The number of carbonyl (C=O) groups is 2. The third-order valence-electron chi connectivity index (χ3n) is 5.41. The molecule has 2 fully saturated rings. The van der Waals surface area contributed by atoms with E-state index in [1.807, 2.05) is 9.80 Å². The fourth-order valence-electron chi connectivity index (χ4n) is 3.72. The Morgan fingerprint density at radius 1 is 1.12 bits per heavy atom. The second-order valence-electron chi connectivity index (χ2n) is 7.62. The fourth-order valence-corrected chi connectivity index (χ4v) is 3.72. The highest BCUT2D eigenvalue weighted by Gasteiger charge is 2.37. The lowest BCUT2D eigenvalue weighted by atomic mass is 10.1. The fraction of sp³-hybridized carbons (Fsp3) is 0.600. The van der Waals surface area contributed by atoms with Crippen molar-refractivity contribution in [3.8, 4) is 0 Å². The van der Waals surface area contributed by atoms with Crippen molar-refractivity contribution < 1.29 is 9.59 Å². The topological polar surface area (TPSA) is 43.9 Å². The third-order valence-corrected chi connectivity index (χ3v) is 5.41. The number of carbonyl (C=O) groups excluding carboxylic acids is 2. The van der Waals surface area contributed by atoms with Crippen molar-refractivity contribution in [2.24, 2.45) is 5.92 Å². The molecule has 1 aromatic carbocycles. The molecule has 2 aliphatic heterocycles. The molecule has 0 radical (unpaired) electrons. The van der Waals surface area contributed by atoms with E-state index in [1.165, 1.54) is 5.56 Å². The molecule has 136 valence electrons. The van der Waals surface area contributed by atoms with Gasteiger partial charge in [0, 0.05) is 51.7 Å². The highest BCUT2D eigenvalue weighted by molar-refractivity contribution is 5.89. The molecule has 5 nitrogen and oxygen atoms in total. The van der Waals surface area contributed by atoms with Crippen molar-refractivity contribution in [2.75, 3.05) is 32.7 Å². The summed E-state index contributed by atoms with van der Waals surface area (Å²) in [6, 6.07) is 8.76. The van der Waals surface area contributed by atoms with Crippen LogP contribution in [0.4, 0.5) is 0 Å². The molecule has 3 rings (SSSR count). The SMILES string of the molecule is Cc1ccc(CN2CC(C(=O)N3CCN(C(C)C)CC3)CC2=O)cc1. The quantitative estimate of drug-likeness (QED) is 0.839. The van der Waals surface area contributed by atoms with Gasteiger partial charge in [0.05, 0.1) is 5.92 Å². The molecule has 1 atom stereocenters. The van der Waals surface area contributed by atoms with Crippen molar-refractivity contribution in [2.45, 2.75) is 39.8 Å². The highest BCUT2D eigenvalue weighted by atomic mass is 16.2. The Hall–Kier alpha value is -1.88. The minimum absolute atomic E-state index is 0.0970. The van der Waals surface area contributed by atoms with Gasteiger partial charge < -0.3 is 9.80 Å². The Kier molecular flexibility index (Phi) is 5.42. The Morgan fingerprint density at radius 2 is 1.76 bits per heavy atom. The molecule has 0 N–H and O–H groups in total. The summed E-state index contributed by atoms with van der Waals surface area (Å²) in [6.45, 7) is 11.0. The monoisotopic (exact) mass is 343 g/mol. The number of piperazine rings is 1. The lowest BCUT2D eigenvalue weighted by Gasteiger charge is -2.37. The summed E-state index contributed by atoms with van der Waals surface area (Å²) in [5.74, 6) is 0.0754. The molecule has 0 aromatic heterocycles. The van der Waals surface area contributed by atoms with E-state index in [0.29, 0.717) is 25.6 Å². The van der Waals surface area contributed by atoms with Crippen LogP contribution in [-0.4, -0.2) is 65.3 Å². The molecule has 0 aliphatic carbocycles. The number of hydrogen-bond donors (Lipinski definition) is 0. The minimum Gasteiger partial charge on any atom is -0.340 e. The van der Waals surface area contributed by atoms with Gasteiger partial charge in [-0.3, -0.25) is 14.5 Å². The Labute approximate surface area is 150 Å². The van der Waals surface area contributed by atoms with Crippen LogP contribution < -0.4 is 0 Å². The summed E-state index contributed by atoms with van der Waals surface area (Å²) in [4.78, 5) is 31.3. The smallest absolute Gasteiger partial charge is 0.228 e. The van der Waals surface area contributed by atoms with Crippen LogP contribution in [0.1, 0.15) is 31.4 Å². The van der Waals surface area contributed by atoms with E-state index in [-0.39, 0.29) is 17.7 Å². The van der Waals surface area contributed by atoms with Gasteiger partial charge in [0.1, 0.15) is 0 Å². The van der Waals surface area contributed by atoms with Crippen LogP contribution in [0.5, 0.6) is 0 Å². The summed E-state index contributed by atoms with van der Waals surface area (Å²) >= 11 is 0. The predicted octanol–water partition coefficient (Wildman–Crippen LogP) is 1.90. The molecular weight excluding hydrogens is 314 g/mol. The zero-order valence-corrected chi connectivity index (χ0v) is 15.6. The lowest BCUT2D eigenvalue weighted by Crippen LogP contribution is -2.52. The van der Waals surface area contributed by atoms with Crippen molar-refractivity contribution >= 4 is 11.8 Å². The third kappa shape index (κ3) is 4.21. The molecule has 2 heterocycles. The molecule has 2 saturated heterocycles. The first-order chi connectivity index (χ1) is 11.9. The first-order valence-corrected chi connectivity index (χ1v) is 9.30. The highest BCUT2D eigenvalue weighted by Crippen LogP contribution is 2.23. The van der Waals surface area contributed by atoms with Crippen molar-refractivity contribution in [1.29, 1.82) is 0 Å². The molecular formula is C20H29N3O2. The second-order valence-corrected chi connectivity index (χ2v) is 7.62. The molecule has 25 heavy (non-hydrogen) atoms. The number of benzene rings is 1. The van der Waals surface area contributed by atoms with Gasteiger partial charge in [0.15, 0.2) is 0 Å².